The van der Waals surface area contributed by atoms with Gasteiger partial charge in [-0.1, -0.05) is 42.5 Å². The highest BCUT2D eigenvalue weighted by atomic mass is 19.4. The summed E-state index contributed by atoms with van der Waals surface area (Å²) < 4.78 is 41.6. The molecule has 0 heterocycles. The van der Waals surface area contributed by atoms with Gasteiger partial charge in [0.2, 0.25) is 0 Å². The molecule has 5 nitrogen and oxygen atoms in total. The van der Waals surface area contributed by atoms with Crippen LogP contribution in [0.4, 0.5) is 18.9 Å². The second-order valence-corrected chi connectivity index (χ2v) is 3.96. The first-order valence-electron chi connectivity index (χ1n) is 5.72. The molecule has 0 amide bonds. The van der Waals surface area contributed by atoms with E-state index in [-0.39, 0.29) is 11.3 Å². The Balaban J connectivity index is 2.56. The number of para-hydroxylation sites is 1. The van der Waals surface area contributed by atoms with Crippen molar-refractivity contribution in [3.63, 3.8) is 0 Å². The van der Waals surface area contributed by atoms with Crippen molar-refractivity contribution in [1.82, 2.24) is 0 Å². The molecule has 2 aromatic carbocycles. The quantitative estimate of drug-likeness (QED) is 0.687. The Morgan fingerprint density at radius 2 is 1.71 bits per heavy atom. The van der Waals surface area contributed by atoms with E-state index in [1.807, 2.05) is 0 Å². The lowest BCUT2D eigenvalue weighted by molar-refractivity contribution is -0.445. The first kappa shape index (κ1) is 14.6. The van der Waals surface area contributed by atoms with Crippen LogP contribution in [-0.4, -0.2) is 11.4 Å². The molecule has 21 heavy (non-hydrogen) atoms. The summed E-state index contributed by atoms with van der Waals surface area (Å²) in [6.07, 6.45) is -4.96. The summed E-state index contributed by atoms with van der Waals surface area (Å²) in [4.78, 5) is 10.5. The zero-order chi connectivity index (χ0) is 15.5. The highest BCUT2D eigenvalue weighted by molar-refractivity contribution is 5.77. The number of ether oxygens (including phenoxy) is 1. The number of hydrogen-bond donors (Lipinski definition) is 1. The summed E-state index contributed by atoms with van der Waals surface area (Å²) in [5.74, 6) is -0.645. The van der Waals surface area contributed by atoms with Crippen molar-refractivity contribution in [3.05, 3.63) is 58.6 Å². The summed E-state index contributed by atoms with van der Waals surface area (Å²) >= 11 is 0. The van der Waals surface area contributed by atoms with Crippen LogP contribution in [0, 0.1) is 10.1 Å². The van der Waals surface area contributed by atoms with Gasteiger partial charge in [-0.15, -0.1) is 18.6 Å². The fourth-order valence-electron chi connectivity index (χ4n) is 1.79. The second-order valence-electron chi connectivity index (χ2n) is 3.96. The van der Waals surface area contributed by atoms with Crippen LogP contribution in [-0.2, 0) is 0 Å². The minimum absolute atomic E-state index is 0.0970. The van der Waals surface area contributed by atoms with E-state index in [1.165, 1.54) is 12.1 Å². The monoisotopic (exact) mass is 298 g/mol. The first-order chi connectivity index (χ1) is 9.87. The van der Waals surface area contributed by atoms with Crippen molar-refractivity contribution in [2.45, 2.75) is 6.36 Å². The lowest BCUT2D eigenvalue weighted by Crippen LogP contribution is -2.19. The number of hydrogen-bond acceptors (Lipinski definition) is 3. The fourth-order valence-corrected chi connectivity index (χ4v) is 1.79. The molecule has 0 fully saturated rings. The Morgan fingerprint density at radius 1 is 1.05 bits per heavy atom. The van der Waals surface area contributed by atoms with Crippen LogP contribution in [0.25, 0.3) is 11.1 Å². The van der Waals surface area contributed by atoms with E-state index in [2.05, 4.69) is 4.74 Å². The third-order valence-corrected chi connectivity index (χ3v) is 2.53. The molecule has 0 spiro atoms. The van der Waals surface area contributed by atoms with Gasteiger partial charge in [0.05, 0.1) is 0 Å². The Labute approximate surface area is 117 Å². The molecule has 0 bridgehead atoms. The number of nitrogens with zero attached hydrogens (tertiary/aromatic N) is 1. The van der Waals surface area contributed by atoms with Gasteiger partial charge in [0, 0.05) is 5.56 Å². The lowest BCUT2D eigenvalue weighted by Gasteiger charge is -2.15. The summed E-state index contributed by atoms with van der Waals surface area (Å²) in [6.45, 7) is 0. The molecule has 0 unspecified atom stereocenters. The van der Waals surface area contributed by atoms with Crippen LogP contribution in [0.15, 0.2) is 48.5 Å². The van der Waals surface area contributed by atoms with E-state index in [1.54, 1.807) is 35.8 Å². The van der Waals surface area contributed by atoms with Gasteiger partial charge in [-0.25, -0.2) is 10.1 Å². The number of anilines is 1. The zero-order valence-electron chi connectivity index (χ0n) is 10.4. The molecular weight excluding hydrogens is 289 g/mol. The maximum atomic E-state index is 12.5. The van der Waals surface area contributed by atoms with Gasteiger partial charge in [0.25, 0.3) is 0 Å². The average molecular weight is 298 g/mol. The van der Waals surface area contributed by atoms with Gasteiger partial charge < -0.3 is 4.74 Å². The van der Waals surface area contributed by atoms with Crippen LogP contribution >= 0.6 is 0 Å². The standard InChI is InChI=1S/C13H9F3N2O3/c14-13(15,16)21-12-10(9-5-2-1-3-6-9)7-4-8-11(12)17-18(19)20/h1-8,17H. The normalized spacial score (nSPS) is 11.0. The van der Waals surface area contributed by atoms with Crippen LogP contribution in [0.1, 0.15) is 0 Å². The largest absolute Gasteiger partial charge is 0.573 e. The number of benzene rings is 2. The summed E-state index contributed by atoms with van der Waals surface area (Å²) in [6, 6.07) is 12.1. The minimum atomic E-state index is -4.96. The average Bonchev–Trinajstić information content (AvgIpc) is 2.39. The highest BCUT2D eigenvalue weighted by Crippen LogP contribution is 2.39. The van der Waals surface area contributed by atoms with Crippen LogP contribution in [0.2, 0.25) is 0 Å². The number of halogens is 3. The first-order valence-corrected chi connectivity index (χ1v) is 5.72. The van der Waals surface area contributed by atoms with E-state index >= 15 is 0 Å². The number of alkyl halides is 3. The van der Waals surface area contributed by atoms with E-state index in [9.17, 15) is 23.3 Å². The number of hydrazine groups is 1. The molecule has 8 heteroatoms. The second kappa shape index (κ2) is 5.70. The third kappa shape index (κ3) is 3.85. The van der Waals surface area contributed by atoms with Crippen molar-refractivity contribution in [2.75, 3.05) is 5.43 Å². The van der Waals surface area contributed by atoms with Crippen molar-refractivity contribution in [1.29, 1.82) is 0 Å². The molecule has 0 aliphatic carbocycles. The van der Waals surface area contributed by atoms with E-state index in [0.29, 0.717) is 5.56 Å². The predicted octanol–water partition coefficient (Wildman–Crippen LogP) is 3.86. The van der Waals surface area contributed by atoms with Gasteiger partial charge in [-0.05, 0) is 11.6 Å². The zero-order valence-corrected chi connectivity index (χ0v) is 10.4. The molecule has 2 rings (SSSR count). The molecule has 0 atom stereocenters. The van der Waals surface area contributed by atoms with Gasteiger partial charge >= 0.3 is 6.36 Å². The number of nitrogens with one attached hydrogen (secondary N) is 1. The van der Waals surface area contributed by atoms with Gasteiger partial charge in [0.1, 0.15) is 5.69 Å². The molecule has 0 aliphatic rings. The SMILES string of the molecule is O=[N+]([O-])Nc1cccc(-c2ccccc2)c1OC(F)(F)F. The number of nitro groups is 1. The van der Waals surface area contributed by atoms with Gasteiger partial charge in [-0.2, -0.15) is 0 Å². The van der Waals surface area contributed by atoms with E-state index in [4.69, 9.17) is 0 Å². The third-order valence-electron chi connectivity index (χ3n) is 2.53. The summed E-state index contributed by atoms with van der Waals surface area (Å²) in [5.41, 5.74) is 1.87. The smallest absolute Gasteiger partial charge is 0.403 e. The highest BCUT2D eigenvalue weighted by Gasteiger charge is 2.34. The molecule has 1 N–H and O–H groups in total. The molecule has 0 saturated heterocycles. The van der Waals surface area contributed by atoms with Crippen molar-refractivity contribution >= 4 is 5.69 Å². The maximum absolute atomic E-state index is 12.5. The lowest BCUT2D eigenvalue weighted by atomic mass is 10.0. The molecule has 0 saturated carbocycles. The molecular formula is C13H9F3N2O3. The van der Waals surface area contributed by atoms with Crippen LogP contribution in [0.5, 0.6) is 5.75 Å². The summed E-state index contributed by atoms with van der Waals surface area (Å²) in [7, 11) is 0. The van der Waals surface area contributed by atoms with Crippen LogP contribution < -0.4 is 10.2 Å². The van der Waals surface area contributed by atoms with E-state index < -0.39 is 17.1 Å². The molecule has 0 aromatic heterocycles. The Bertz CT molecular complexity index is 645. The fraction of sp³-hybridized carbons (Fsp3) is 0.0769. The Kier molecular flexibility index (Phi) is 3.97. The number of rotatable bonds is 4. The Hall–Kier alpha value is -2.77. The predicted molar refractivity (Wildman–Crippen MR) is 69.2 cm³/mol. The van der Waals surface area contributed by atoms with Gasteiger partial charge in [0.15, 0.2) is 10.8 Å². The van der Waals surface area contributed by atoms with Gasteiger partial charge in [-0.3, -0.25) is 0 Å². The Morgan fingerprint density at radius 3 is 2.29 bits per heavy atom. The van der Waals surface area contributed by atoms with Crippen molar-refractivity contribution in [3.8, 4) is 16.9 Å². The van der Waals surface area contributed by atoms with Crippen molar-refractivity contribution in [2.24, 2.45) is 0 Å². The summed E-state index contributed by atoms with van der Waals surface area (Å²) in [5, 5.41) is 9.54. The van der Waals surface area contributed by atoms with E-state index in [0.717, 1.165) is 6.07 Å². The topological polar surface area (TPSA) is 64.4 Å². The molecule has 0 radical (unpaired) electrons. The minimum Gasteiger partial charge on any atom is -0.403 e. The molecule has 110 valence electrons. The maximum Gasteiger partial charge on any atom is 0.573 e. The molecule has 2 aromatic rings. The van der Waals surface area contributed by atoms with Crippen molar-refractivity contribution < 1.29 is 22.9 Å². The van der Waals surface area contributed by atoms with Crippen LogP contribution in [0.3, 0.4) is 0 Å². The molecule has 0 aliphatic heterocycles.